The molecule has 1 N–H and O–H groups in total. The molecule has 0 saturated heterocycles. The fraction of sp³-hybridized carbons (Fsp3) is 0.538. The minimum absolute atomic E-state index is 0.261. The molecule has 0 unspecified atom stereocenters. The minimum Gasteiger partial charge on any atom is -0.543 e. The maximum absolute atomic E-state index is 11.5. The van der Waals surface area contributed by atoms with Crippen LogP contribution < -0.4 is 4.43 Å². The van der Waals surface area contributed by atoms with E-state index in [1.165, 1.54) is 0 Å². The summed E-state index contributed by atoms with van der Waals surface area (Å²) in [4.78, 5) is 0. The molecule has 7 heteroatoms. The highest BCUT2D eigenvalue weighted by molar-refractivity contribution is 6.78. The molecule has 0 aliphatic heterocycles. The lowest BCUT2D eigenvalue weighted by Gasteiger charge is -2.42. The largest absolute Gasteiger partial charge is 0.543 e. The molecule has 1 aromatic carbocycles. The zero-order chi connectivity index (χ0) is 24.6. The zero-order valence-corrected chi connectivity index (χ0v) is 22.6. The first-order valence-corrected chi connectivity index (χ1v) is 14.1. The molecule has 0 radical (unpaired) electrons. The van der Waals surface area contributed by atoms with Gasteiger partial charge in [0.05, 0.1) is 0 Å². The summed E-state index contributed by atoms with van der Waals surface area (Å²) in [6.07, 6.45) is 6.85. The fourth-order valence-electron chi connectivity index (χ4n) is 5.27. The van der Waals surface area contributed by atoms with Crippen molar-refractivity contribution in [3.63, 3.8) is 0 Å². The van der Waals surface area contributed by atoms with Gasteiger partial charge in [0.15, 0.2) is 6.17 Å². The van der Waals surface area contributed by atoms with Gasteiger partial charge in [-0.25, -0.2) is 9.36 Å². The van der Waals surface area contributed by atoms with Crippen LogP contribution in [0.25, 0.3) is 0 Å². The molecule has 3 aromatic rings. The Labute approximate surface area is 199 Å². The fourth-order valence-corrected chi connectivity index (χ4v) is 10.5. The number of hydrogen-bond acceptors (Lipinski definition) is 4. The van der Waals surface area contributed by atoms with Crippen LogP contribution in [0.5, 0.6) is 11.5 Å². The predicted octanol–water partition coefficient (Wildman–Crippen LogP) is 6.73. The Morgan fingerprint density at radius 1 is 0.848 bits per heavy atom. The maximum atomic E-state index is 11.5. The number of benzene rings is 1. The molecule has 33 heavy (non-hydrogen) atoms. The third kappa shape index (κ3) is 4.74. The van der Waals surface area contributed by atoms with Crippen molar-refractivity contribution in [1.29, 1.82) is 0 Å². The summed E-state index contributed by atoms with van der Waals surface area (Å²) in [6, 6.07) is 7.80. The average molecular weight is 469 g/mol. The van der Waals surface area contributed by atoms with E-state index in [9.17, 15) is 5.11 Å². The Kier molecular flexibility index (Phi) is 7.12. The van der Waals surface area contributed by atoms with Gasteiger partial charge in [-0.05, 0) is 46.3 Å². The molecule has 0 atom stereocenters. The molecule has 0 saturated carbocycles. The van der Waals surface area contributed by atoms with E-state index >= 15 is 0 Å². The number of aromatic nitrogens is 4. The molecule has 0 amide bonds. The predicted molar refractivity (Wildman–Crippen MR) is 136 cm³/mol. The van der Waals surface area contributed by atoms with Gasteiger partial charge in [0.1, 0.15) is 11.5 Å². The zero-order valence-electron chi connectivity index (χ0n) is 21.6. The molecule has 0 spiro atoms. The van der Waals surface area contributed by atoms with Crippen molar-refractivity contribution in [2.24, 2.45) is 0 Å². The summed E-state index contributed by atoms with van der Waals surface area (Å²) in [5.74, 6) is 1.08. The highest BCUT2D eigenvalue weighted by Crippen LogP contribution is 2.46. The molecule has 2 aromatic heterocycles. The van der Waals surface area contributed by atoms with E-state index in [2.05, 4.69) is 72.5 Å². The number of phenolic OH excluding ortho intramolecular Hbond substituents is 1. The van der Waals surface area contributed by atoms with Crippen LogP contribution in [0.4, 0.5) is 0 Å². The minimum atomic E-state index is -2.18. The number of rotatable bonds is 8. The van der Waals surface area contributed by atoms with Crippen LogP contribution in [0.1, 0.15) is 79.6 Å². The smallest absolute Gasteiger partial charge is 0.258 e. The lowest BCUT2D eigenvalue weighted by atomic mass is 9.84. The van der Waals surface area contributed by atoms with Crippen molar-refractivity contribution in [2.75, 3.05) is 0 Å². The highest BCUT2D eigenvalue weighted by atomic mass is 28.4. The van der Waals surface area contributed by atoms with Crippen LogP contribution in [0.15, 0.2) is 49.1 Å². The summed E-state index contributed by atoms with van der Waals surface area (Å²) in [5, 5.41) is 20.5. The van der Waals surface area contributed by atoms with Gasteiger partial charge in [0.25, 0.3) is 8.32 Å². The second-order valence-electron chi connectivity index (χ2n) is 10.9. The molecule has 0 aliphatic carbocycles. The van der Waals surface area contributed by atoms with Gasteiger partial charge in [0.2, 0.25) is 0 Å². The molecule has 0 aliphatic rings. The topological polar surface area (TPSA) is 65.1 Å². The molecular weight excluding hydrogens is 428 g/mol. The van der Waals surface area contributed by atoms with Crippen LogP contribution in [0.3, 0.4) is 0 Å². The monoisotopic (exact) mass is 468 g/mol. The van der Waals surface area contributed by atoms with Gasteiger partial charge >= 0.3 is 0 Å². The van der Waals surface area contributed by atoms with Crippen molar-refractivity contribution in [1.82, 2.24) is 19.6 Å². The summed E-state index contributed by atoms with van der Waals surface area (Å²) in [5.41, 5.74) is 2.65. The maximum Gasteiger partial charge on any atom is 0.258 e. The summed E-state index contributed by atoms with van der Waals surface area (Å²) in [6.45, 7) is 20.1. The number of nitrogens with zero attached hydrogens (tertiary/aromatic N) is 4. The van der Waals surface area contributed by atoms with E-state index in [0.29, 0.717) is 16.6 Å². The second kappa shape index (κ2) is 9.37. The average Bonchev–Trinajstić information content (AvgIpc) is 3.41. The van der Waals surface area contributed by atoms with E-state index in [-0.39, 0.29) is 11.2 Å². The van der Waals surface area contributed by atoms with E-state index in [1.807, 2.05) is 46.0 Å². The first-order valence-electron chi connectivity index (χ1n) is 11.9. The number of phenols is 1. The van der Waals surface area contributed by atoms with Crippen molar-refractivity contribution < 1.29 is 9.53 Å². The summed E-state index contributed by atoms with van der Waals surface area (Å²) < 4.78 is 10.7. The lowest BCUT2D eigenvalue weighted by Crippen LogP contribution is -2.50. The molecule has 6 nitrogen and oxygen atoms in total. The Bertz CT molecular complexity index is 979. The van der Waals surface area contributed by atoms with Crippen LogP contribution in [0.2, 0.25) is 16.6 Å². The van der Waals surface area contributed by atoms with Gasteiger partial charge in [-0.1, -0.05) is 62.3 Å². The van der Waals surface area contributed by atoms with E-state index < -0.39 is 14.5 Å². The molecule has 180 valence electrons. The number of hydrogen-bond donors (Lipinski definition) is 1. The molecule has 3 rings (SSSR count). The van der Waals surface area contributed by atoms with Crippen molar-refractivity contribution in [2.45, 2.75) is 90.5 Å². The van der Waals surface area contributed by atoms with Crippen LogP contribution >= 0.6 is 0 Å². The Morgan fingerprint density at radius 2 is 1.33 bits per heavy atom. The molecule has 0 fully saturated rings. The number of aromatic hydroxyl groups is 1. The van der Waals surface area contributed by atoms with Crippen LogP contribution in [0, 0.1) is 0 Å². The second-order valence-corrected chi connectivity index (χ2v) is 16.3. The highest BCUT2D eigenvalue weighted by Gasteiger charge is 2.47. The third-order valence-electron chi connectivity index (χ3n) is 6.75. The SMILES string of the molecule is CC(C)[Si](Oc1cc(C(n2cccn2)n2cccn2)c(O)c(C(C)(C)C)c1)(C(C)C)C(C)C. The Hall–Kier alpha value is -2.54. The van der Waals surface area contributed by atoms with Gasteiger partial charge in [-0.2, -0.15) is 10.2 Å². The Balaban J connectivity index is 2.27. The first kappa shape index (κ1) is 25.1. The van der Waals surface area contributed by atoms with E-state index in [0.717, 1.165) is 16.9 Å². The normalized spacial score (nSPS) is 13.0. The summed E-state index contributed by atoms with van der Waals surface area (Å²) in [7, 11) is -2.18. The van der Waals surface area contributed by atoms with Gasteiger partial charge in [-0.15, -0.1) is 0 Å². The third-order valence-corrected chi connectivity index (χ3v) is 12.8. The Morgan fingerprint density at radius 3 is 1.70 bits per heavy atom. The standard InChI is InChI=1S/C26H40N4O2Si/c1-18(2)33(19(3)4,20(5)6)32-21-16-22(24(31)23(17-21)26(7,8)9)25(29-14-10-12-27-29)30-15-11-13-28-30/h10-20,25,31H,1-9H3. The lowest BCUT2D eigenvalue weighted by molar-refractivity contribution is 0.379. The van der Waals surface area contributed by atoms with Gasteiger partial charge < -0.3 is 9.53 Å². The molecule has 0 bridgehead atoms. The first-order chi connectivity index (χ1) is 15.4. The molecule has 2 heterocycles. The quantitative estimate of drug-likeness (QED) is 0.372. The van der Waals surface area contributed by atoms with Gasteiger partial charge in [-0.3, -0.25) is 0 Å². The van der Waals surface area contributed by atoms with Crippen molar-refractivity contribution in [3.8, 4) is 11.5 Å². The van der Waals surface area contributed by atoms with E-state index in [4.69, 9.17) is 4.43 Å². The van der Waals surface area contributed by atoms with Crippen LogP contribution in [-0.2, 0) is 5.41 Å². The molecular formula is C26H40N4O2Si. The van der Waals surface area contributed by atoms with Crippen molar-refractivity contribution in [3.05, 3.63) is 60.2 Å². The summed E-state index contributed by atoms with van der Waals surface area (Å²) >= 11 is 0. The van der Waals surface area contributed by atoms with Gasteiger partial charge in [0, 0.05) is 35.9 Å². The van der Waals surface area contributed by atoms with Crippen LogP contribution in [-0.4, -0.2) is 33.0 Å². The van der Waals surface area contributed by atoms with E-state index in [1.54, 1.807) is 12.4 Å². The van der Waals surface area contributed by atoms with Crippen molar-refractivity contribution >= 4 is 8.32 Å².